The molecule has 11 nitrogen and oxygen atoms in total. The van der Waals surface area contributed by atoms with E-state index in [0.717, 1.165) is 4.31 Å². The minimum Gasteiger partial charge on any atom is -0.349 e. The lowest BCUT2D eigenvalue weighted by Gasteiger charge is -2.54. The van der Waals surface area contributed by atoms with Gasteiger partial charge in [0.2, 0.25) is 33.7 Å². The van der Waals surface area contributed by atoms with Crippen LogP contribution in [0.5, 0.6) is 0 Å². The monoisotopic (exact) mass is 685 g/mol. The third-order valence-electron chi connectivity index (χ3n) is 7.68. The molecule has 0 bridgehead atoms. The summed E-state index contributed by atoms with van der Waals surface area (Å²) in [5.74, 6) is -1.85. The molecule has 238 valence electrons. The Kier molecular flexibility index (Phi) is 10.5. The first kappa shape index (κ1) is 34.0. The van der Waals surface area contributed by atoms with Crippen LogP contribution in [0.1, 0.15) is 32.3 Å². The van der Waals surface area contributed by atoms with Gasteiger partial charge in [-0.3, -0.25) is 19.2 Å². The number of fused-ring (bicyclic) bond motifs is 1. The smallest absolute Gasteiger partial charge is 0.248 e. The first-order valence-electron chi connectivity index (χ1n) is 13.9. The van der Waals surface area contributed by atoms with Crippen molar-refractivity contribution in [1.29, 1.82) is 0 Å². The molecule has 0 aromatic heterocycles. The number of nitrogens with zero attached hydrogens (tertiary/aromatic N) is 4. The van der Waals surface area contributed by atoms with E-state index in [0.29, 0.717) is 10.6 Å². The van der Waals surface area contributed by atoms with E-state index in [-0.39, 0.29) is 58.6 Å². The zero-order valence-corrected chi connectivity index (χ0v) is 27.8. The van der Waals surface area contributed by atoms with Gasteiger partial charge in [0.25, 0.3) is 0 Å². The molecule has 4 rings (SSSR count). The number of halogens is 3. The van der Waals surface area contributed by atoms with E-state index in [4.69, 9.17) is 34.8 Å². The number of hydrogen-bond acceptors (Lipinski definition) is 6. The Hall–Kier alpha value is -2.90. The highest BCUT2D eigenvalue weighted by molar-refractivity contribution is 7.89. The second kappa shape index (κ2) is 13.6. The molecule has 15 heteroatoms. The lowest BCUT2D eigenvalue weighted by molar-refractivity contribution is -0.169. The fourth-order valence-corrected chi connectivity index (χ4v) is 7.80. The molecule has 0 radical (unpaired) electrons. The highest BCUT2D eigenvalue weighted by atomic mass is 35.5. The summed E-state index contributed by atoms with van der Waals surface area (Å²) in [6.07, 6.45) is -1.33. The van der Waals surface area contributed by atoms with Crippen LogP contribution in [0.2, 0.25) is 15.1 Å². The van der Waals surface area contributed by atoms with Gasteiger partial charge in [0.1, 0.15) is 23.1 Å². The van der Waals surface area contributed by atoms with Gasteiger partial charge in [-0.2, -0.15) is 4.31 Å². The molecule has 2 aromatic rings. The van der Waals surface area contributed by atoms with Crippen LogP contribution in [0.15, 0.2) is 47.4 Å². The number of carbonyl (C=O) groups is 4. The largest absolute Gasteiger partial charge is 0.349 e. The van der Waals surface area contributed by atoms with Crippen LogP contribution in [0.25, 0.3) is 0 Å². The highest BCUT2D eigenvalue weighted by Gasteiger charge is 2.54. The number of nitrogens with one attached hydrogen (secondary N) is 1. The molecule has 3 atom stereocenters. The van der Waals surface area contributed by atoms with Gasteiger partial charge in [0.05, 0.1) is 11.6 Å². The van der Waals surface area contributed by atoms with Crippen LogP contribution in [0, 0.1) is 0 Å². The third kappa shape index (κ3) is 7.15. The van der Waals surface area contributed by atoms with E-state index in [1.54, 1.807) is 43.3 Å². The maximum atomic E-state index is 14.2. The van der Waals surface area contributed by atoms with Crippen molar-refractivity contribution in [3.05, 3.63) is 63.1 Å². The van der Waals surface area contributed by atoms with Crippen molar-refractivity contribution in [1.82, 2.24) is 24.3 Å². The summed E-state index contributed by atoms with van der Waals surface area (Å²) in [5, 5.41) is 3.22. The van der Waals surface area contributed by atoms with E-state index in [1.807, 2.05) is 13.8 Å². The molecule has 0 saturated carbocycles. The summed E-state index contributed by atoms with van der Waals surface area (Å²) in [5.41, 5.74) is 0.702. The number of benzene rings is 2. The molecule has 4 amide bonds. The topological polar surface area (TPSA) is 127 Å². The summed E-state index contributed by atoms with van der Waals surface area (Å²) >= 11 is 18.5. The number of carbonyl (C=O) groups excluding carboxylic acids is 4. The molecule has 2 heterocycles. The second-order valence-corrected chi connectivity index (χ2v) is 14.4. The summed E-state index contributed by atoms with van der Waals surface area (Å²) < 4.78 is 29.6. The maximum absolute atomic E-state index is 14.2. The lowest BCUT2D eigenvalue weighted by Crippen LogP contribution is -2.76. The summed E-state index contributed by atoms with van der Waals surface area (Å²) in [7, 11) is -1.28. The molecule has 2 saturated heterocycles. The minimum absolute atomic E-state index is 0.0784. The van der Waals surface area contributed by atoms with Gasteiger partial charge in [-0.25, -0.2) is 8.42 Å². The van der Waals surface area contributed by atoms with Crippen molar-refractivity contribution in [2.75, 3.05) is 27.2 Å². The van der Waals surface area contributed by atoms with Gasteiger partial charge in [-0.1, -0.05) is 46.9 Å². The summed E-state index contributed by atoms with van der Waals surface area (Å²) in [4.78, 5) is 56.9. The summed E-state index contributed by atoms with van der Waals surface area (Å²) in [6, 6.07) is 8.05. The fraction of sp³-hybridized carbons (Fsp3) is 0.448. The molecule has 3 unspecified atom stereocenters. The average Bonchev–Trinajstić information content (AvgIpc) is 2.94. The lowest BCUT2D eigenvalue weighted by atomic mass is 9.96. The van der Waals surface area contributed by atoms with E-state index in [1.165, 1.54) is 28.0 Å². The van der Waals surface area contributed by atoms with E-state index in [2.05, 4.69) is 5.32 Å². The van der Waals surface area contributed by atoms with Crippen LogP contribution in [-0.4, -0.2) is 103 Å². The molecule has 0 spiro atoms. The zero-order valence-electron chi connectivity index (χ0n) is 24.7. The minimum atomic E-state index is -4.40. The molecule has 2 fully saturated rings. The van der Waals surface area contributed by atoms with Crippen LogP contribution in [0.3, 0.4) is 0 Å². The molecule has 2 aromatic carbocycles. The van der Waals surface area contributed by atoms with Gasteiger partial charge in [-0.05, 0) is 49.7 Å². The van der Waals surface area contributed by atoms with Crippen molar-refractivity contribution in [3.63, 3.8) is 0 Å². The van der Waals surface area contributed by atoms with E-state index >= 15 is 0 Å². The first-order valence-corrected chi connectivity index (χ1v) is 16.5. The van der Waals surface area contributed by atoms with Crippen LogP contribution in [-0.2, 0) is 35.6 Å². The van der Waals surface area contributed by atoms with Crippen molar-refractivity contribution < 1.29 is 27.6 Å². The fourth-order valence-electron chi connectivity index (χ4n) is 5.34. The molecular weight excluding hydrogens is 653 g/mol. The molecule has 2 aliphatic heterocycles. The number of amides is 4. The third-order valence-corrected chi connectivity index (χ3v) is 10.5. The Morgan fingerprint density at radius 2 is 1.59 bits per heavy atom. The predicted octanol–water partition coefficient (Wildman–Crippen LogP) is 3.02. The van der Waals surface area contributed by atoms with Crippen LogP contribution in [0.4, 0.5) is 0 Å². The molecular formula is C29H34Cl3N5O6S. The summed E-state index contributed by atoms with van der Waals surface area (Å²) in [6.45, 7) is 3.11. The van der Waals surface area contributed by atoms with Gasteiger partial charge >= 0.3 is 0 Å². The van der Waals surface area contributed by atoms with Gasteiger partial charge in [-0.15, -0.1) is 0 Å². The Labute approximate surface area is 272 Å². The molecule has 1 N–H and O–H groups in total. The Morgan fingerprint density at radius 1 is 0.955 bits per heavy atom. The number of sulfonamides is 1. The normalized spacial score (nSPS) is 21.0. The van der Waals surface area contributed by atoms with Crippen molar-refractivity contribution >= 4 is 68.5 Å². The zero-order chi connectivity index (χ0) is 32.5. The predicted molar refractivity (Wildman–Crippen MR) is 167 cm³/mol. The van der Waals surface area contributed by atoms with Crippen molar-refractivity contribution in [2.24, 2.45) is 0 Å². The highest BCUT2D eigenvalue weighted by Crippen LogP contribution is 2.35. The van der Waals surface area contributed by atoms with Crippen molar-refractivity contribution in [2.45, 2.75) is 62.3 Å². The van der Waals surface area contributed by atoms with Gasteiger partial charge < -0.3 is 20.0 Å². The molecule has 44 heavy (non-hydrogen) atoms. The second-order valence-electron chi connectivity index (χ2n) is 11.2. The van der Waals surface area contributed by atoms with Gasteiger partial charge in [0.15, 0.2) is 0 Å². The van der Waals surface area contributed by atoms with Crippen LogP contribution < -0.4 is 5.32 Å². The number of piperazine rings is 1. The van der Waals surface area contributed by atoms with Crippen molar-refractivity contribution in [3.8, 4) is 0 Å². The van der Waals surface area contributed by atoms with E-state index in [9.17, 15) is 27.6 Å². The number of rotatable bonds is 9. The Morgan fingerprint density at radius 3 is 2.18 bits per heavy atom. The standard InChI is InChI=1S/C29H34Cl3N5O6S/c1-17(2)35-16-26-36(44(42,43)24-10-9-20(31)14-21(24)32)15-22(33-25(38)11-12-27(39)34(3)4)28(40)37(26)23(29(35)41)13-18-5-7-19(30)8-6-18/h5-10,14,17,22-23,26H,11-13,15-16H2,1-4H3,(H,33,38). The Bertz CT molecular complexity index is 1550. The maximum Gasteiger partial charge on any atom is 0.248 e. The molecule has 2 aliphatic rings. The quantitative estimate of drug-likeness (QED) is 0.432. The first-order chi connectivity index (χ1) is 20.6. The Balaban J connectivity index is 1.78. The SMILES string of the molecule is CC(C)N1CC2N(C(=O)C(NC(=O)CCC(=O)N(C)C)CN2S(=O)(=O)c2ccc(Cl)cc2Cl)C(Cc2ccc(Cl)cc2)C1=O. The van der Waals surface area contributed by atoms with Gasteiger partial charge in [0, 0.05) is 56.0 Å². The van der Waals surface area contributed by atoms with E-state index < -0.39 is 46.6 Å². The number of hydrogen-bond donors (Lipinski definition) is 1. The van der Waals surface area contributed by atoms with Crippen LogP contribution >= 0.6 is 34.8 Å². The average molecular weight is 687 g/mol. The molecule has 0 aliphatic carbocycles.